The molecule has 0 heterocycles. The fourth-order valence-corrected chi connectivity index (χ4v) is 1.62. The van der Waals surface area contributed by atoms with Gasteiger partial charge in [0.15, 0.2) is 0 Å². The Kier molecular flexibility index (Phi) is 5.33. The number of nitrogens with one attached hydrogen (secondary N) is 1. The number of carbonyl (C=O) groups is 1. The molecule has 6 nitrogen and oxygen atoms in total. The molecule has 0 aromatic heterocycles. The van der Waals surface area contributed by atoms with Gasteiger partial charge in [-0.1, -0.05) is 23.2 Å². The summed E-state index contributed by atoms with van der Waals surface area (Å²) in [5, 5.41) is 13.1. The molecule has 0 saturated heterocycles. The molecule has 1 amide bonds. The molecular weight excluding hydrogens is 283 g/mol. The molecule has 1 aromatic carbocycles. The fourth-order valence-electron chi connectivity index (χ4n) is 1.21. The van der Waals surface area contributed by atoms with E-state index in [1.54, 1.807) is 0 Å². The average molecular weight is 293 g/mol. The summed E-state index contributed by atoms with van der Waals surface area (Å²) in [5.74, 6) is -0.539. The molecule has 0 fully saturated rings. The summed E-state index contributed by atoms with van der Waals surface area (Å²) < 4.78 is 4.76. The Morgan fingerprint density at radius 2 is 2.17 bits per heavy atom. The minimum absolute atomic E-state index is 0.0165. The Balaban J connectivity index is 2.99. The highest BCUT2D eigenvalue weighted by atomic mass is 35.5. The number of ether oxygens (including phenoxy) is 1. The van der Waals surface area contributed by atoms with Crippen LogP contribution in [0.4, 0.5) is 5.69 Å². The van der Waals surface area contributed by atoms with Crippen LogP contribution in [0.15, 0.2) is 12.1 Å². The first-order valence-electron chi connectivity index (χ1n) is 4.88. The van der Waals surface area contributed by atoms with Crippen LogP contribution in [0.2, 0.25) is 10.0 Å². The number of amides is 1. The summed E-state index contributed by atoms with van der Waals surface area (Å²) in [6, 6.07) is 2.17. The van der Waals surface area contributed by atoms with Crippen molar-refractivity contribution in [3.8, 4) is 0 Å². The van der Waals surface area contributed by atoms with Crippen molar-refractivity contribution in [3.05, 3.63) is 37.9 Å². The third kappa shape index (κ3) is 3.56. The fraction of sp³-hybridized carbons (Fsp3) is 0.300. The molecule has 1 rings (SSSR count). The zero-order valence-electron chi connectivity index (χ0n) is 9.41. The highest BCUT2D eigenvalue weighted by Crippen LogP contribution is 2.30. The smallest absolute Gasteiger partial charge is 0.271 e. The van der Waals surface area contributed by atoms with Gasteiger partial charge in [-0.2, -0.15) is 0 Å². The van der Waals surface area contributed by atoms with Crippen LogP contribution >= 0.6 is 23.2 Å². The maximum atomic E-state index is 11.7. The molecule has 1 aromatic rings. The largest absolute Gasteiger partial charge is 0.383 e. The van der Waals surface area contributed by atoms with Crippen LogP contribution in [0.3, 0.4) is 0 Å². The first kappa shape index (κ1) is 14.7. The van der Waals surface area contributed by atoms with Crippen molar-refractivity contribution in [2.24, 2.45) is 0 Å². The zero-order chi connectivity index (χ0) is 13.7. The second-order valence-electron chi connectivity index (χ2n) is 3.29. The van der Waals surface area contributed by atoms with E-state index in [0.717, 1.165) is 12.1 Å². The zero-order valence-corrected chi connectivity index (χ0v) is 10.9. The number of halogens is 2. The molecule has 18 heavy (non-hydrogen) atoms. The van der Waals surface area contributed by atoms with Gasteiger partial charge < -0.3 is 10.1 Å². The van der Waals surface area contributed by atoms with Gasteiger partial charge in [-0.25, -0.2) is 0 Å². The van der Waals surface area contributed by atoms with Gasteiger partial charge in [0, 0.05) is 25.8 Å². The van der Waals surface area contributed by atoms with Crippen molar-refractivity contribution in [2.45, 2.75) is 0 Å². The van der Waals surface area contributed by atoms with Crippen LogP contribution in [0, 0.1) is 10.1 Å². The number of non-ortho nitro benzene ring substituents is 1. The third-order valence-electron chi connectivity index (χ3n) is 2.06. The normalized spacial score (nSPS) is 10.2. The molecule has 8 heteroatoms. The van der Waals surface area contributed by atoms with Gasteiger partial charge in [0.2, 0.25) is 0 Å². The molecule has 0 aliphatic rings. The molecule has 0 atom stereocenters. The van der Waals surface area contributed by atoms with E-state index in [2.05, 4.69) is 5.32 Å². The second-order valence-corrected chi connectivity index (χ2v) is 4.08. The van der Waals surface area contributed by atoms with Crippen molar-refractivity contribution >= 4 is 34.8 Å². The first-order chi connectivity index (χ1) is 8.47. The van der Waals surface area contributed by atoms with Crippen LogP contribution in [0.5, 0.6) is 0 Å². The molecule has 0 bridgehead atoms. The highest BCUT2D eigenvalue weighted by Gasteiger charge is 2.19. The lowest BCUT2D eigenvalue weighted by molar-refractivity contribution is -0.384. The van der Waals surface area contributed by atoms with Crippen LogP contribution in [-0.4, -0.2) is 31.1 Å². The number of carbonyl (C=O) groups excluding carboxylic acids is 1. The molecule has 0 aliphatic carbocycles. The van der Waals surface area contributed by atoms with Crippen molar-refractivity contribution < 1.29 is 14.5 Å². The molecular formula is C10H10Cl2N2O4. The average Bonchev–Trinajstić information content (AvgIpc) is 2.32. The molecule has 0 aliphatic heterocycles. The van der Waals surface area contributed by atoms with Crippen molar-refractivity contribution in [1.29, 1.82) is 0 Å². The van der Waals surface area contributed by atoms with Gasteiger partial charge in [-0.05, 0) is 0 Å². The van der Waals surface area contributed by atoms with E-state index < -0.39 is 10.8 Å². The topological polar surface area (TPSA) is 81.5 Å². The minimum atomic E-state index is -0.645. The van der Waals surface area contributed by atoms with Crippen LogP contribution in [0.1, 0.15) is 10.4 Å². The summed E-state index contributed by atoms with van der Waals surface area (Å²) in [6.07, 6.45) is 0. The summed E-state index contributed by atoms with van der Waals surface area (Å²) in [7, 11) is 1.49. The number of nitrogens with zero attached hydrogens (tertiary/aromatic N) is 1. The first-order valence-corrected chi connectivity index (χ1v) is 5.63. The Labute approximate surface area is 113 Å². The van der Waals surface area contributed by atoms with Gasteiger partial charge >= 0.3 is 0 Å². The Morgan fingerprint density at radius 1 is 1.50 bits per heavy atom. The summed E-state index contributed by atoms with van der Waals surface area (Å²) >= 11 is 11.6. The number of nitro benzene ring substituents is 1. The van der Waals surface area contributed by atoms with Crippen LogP contribution in [0.25, 0.3) is 0 Å². The maximum absolute atomic E-state index is 11.7. The predicted octanol–water partition coefficient (Wildman–Crippen LogP) is 2.28. The molecule has 0 unspecified atom stereocenters. The van der Waals surface area contributed by atoms with Crippen LogP contribution in [-0.2, 0) is 4.74 Å². The summed E-state index contributed by atoms with van der Waals surface area (Å²) in [6.45, 7) is 0.595. The van der Waals surface area contributed by atoms with Crippen molar-refractivity contribution in [1.82, 2.24) is 5.32 Å². The summed E-state index contributed by atoms with van der Waals surface area (Å²) in [5.41, 5.74) is -0.326. The van der Waals surface area contributed by atoms with Gasteiger partial charge in [-0.15, -0.1) is 0 Å². The number of hydrogen-bond acceptors (Lipinski definition) is 4. The number of nitro groups is 1. The second kappa shape index (κ2) is 6.53. The van der Waals surface area contributed by atoms with E-state index in [0.29, 0.717) is 6.61 Å². The Hall–Kier alpha value is -1.37. The molecule has 0 radical (unpaired) electrons. The Bertz CT molecular complexity index is 479. The van der Waals surface area contributed by atoms with E-state index >= 15 is 0 Å². The van der Waals surface area contributed by atoms with Crippen molar-refractivity contribution in [3.63, 3.8) is 0 Å². The number of benzene rings is 1. The lowest BCUT2D eigenvalue weighted by Crippen LogP contribution is -2.27. The minimum Gasteiger partial charge on any atom is -0.383 e. The quantitative estimate of drug-likeness (QED) is 0.513. The maximum Gasteiger partial charge on any atom is 0.271 e. The van der Waals surface area contributed by atoms with Crippen molar-refractivity contribution in [2.75, 3.05) is 20.3 Å². The number of methoxy groups -OCH3 is 1. The van der Waals surface area contributed by atoms with Crippen LogP contribution < -0.4 is 5.32 Å². The predicted molar refractivity (Wildman–Crippen MR) is 67.3 cm³/mol. The van der Waals surface area contributed by atoms with Gasteiger partial charge in [0.25, 0.3) is 11.6 Å². The monoisotopic (exact) mass is 292 g/mol. The lowest BCUT2D eigenvalue weighted by Gasteiger charge is -2.07. The SMILES string of the molecule is COCCNC(=O)c1cc([N+](=O)[O-])cc(Cl)c1Cl. The molecule has 0 saturated carbocycles. The van der Waals surface area contributed by atoms with E-state index in [1.165, 1.54) is 7.11 Å². The molecule has 1 N–H and O–H groups in total. The number of hydrogen-bond donors (Lipinski definition) is 1. The third-order valence-corrected chi connectivity index (χ3v) is 2.86. The lowest BCUT2D eigenvalue weighted by atomic mass is 10.2. The number of rotatable bonds is 5. The standard InChI is InChI=1S/C10H10Cl2N2O4/c1-18-3-2-13-10(15)7-4-6(14(16)17)5-8(11)9(7)12/h4-5H,2-3H2,1H3,(H,13,15). The van der Waals surface area contributed by atoms with Gasteiger partial charge in [-0.3, -0.25) is 14.9 Å². The Morgan fingerprint density at radius 3 is 2.72 bits per heavy atom. The highest BCUT2D eigenvalue weighted by molar-refractivity contribution is 6.44. The molecule has 0 spiro atoms. The van der Waals surface area contributed by atoms with Gasteiger partial charge in [0.05, 0.1) is 27.1 Å². The van der Waals surface area contributed by atoms with E-state index in [-0.39, 0.29) is 27.8 Å². The van der Waals surface area contributed by atoms with E-state index in [4.69, 9.17) is 27.9 Å². The molecule has 98 valence electrons. The van der Waals surface area contributed by atoms with E-state index in [9.17, 15) is 14.9 Å². The summed E-state index contributed by atoms with van der Waals surface area (Å²) in [4.78, 5) is 21.7. The van der Waals surface area contributed by atoms with E-state index in [1.807, 2.05) is 0 Å². The van der Waals surface area contributed by atoms with Gasteiger partial charge in [0.1, 0.15) is 0 Å².